The van der Waals surface area contributed by atoms with E-state index in [0.717, 1.165) is 5.69 Å². The topological polar surface area (TPSA) is 68.3 Å². The third kappa shape index (κ3) is 3.76. The molecule has 5 nitrogen and oxygen atoms in total. The first kappa shape index (κ1) is 15.7. The molecule has 1 fully saturated rings. The van der Waals surface area contributed by atoms with Gasteiger partial charge in [0.05, 0.1) is 19.2 Å². The number of hydrogen-bond acceptors (Lipinski definition) is 5. The Kier molecular flexibility index (Phi) is 4.43. The second-order valence-corrected chi connectivity index (χ2v) is 6.52. The molecule has 2 aromatic rings. The number of aromatic nitrogens is 1. The third-order valence-corrected chi connectivity index (χ3v) is 4.58. The van der Waals surface area contributed by atoms with Gasteiger partial charge in [-0.1, -0.05) is 0 Å². The van der Waals surface area contributed by atoms with Crippen molar-refractivity contribution in [1.82, 2.24) is 4.98 Å². The molecule has 120 valence electrons. The van der Waals surface area contributed by atoms with E-state index >= 15 is 0 Å². The number of amides is 1. The zero-order valence-corrected chi connectivity index (χ0v) is 13.9. The summed E-state index contributed by atoms with van der Waals surface area (Å²) < 4.78 is 5.27. The highest BCUT2D eigenvalue weighted by atomic mass is 32.1. The first-order chi connectivity index (χ1) is 11.1. The van der Waals surface area contributed by atoms with Gasteiger partial charge >= 0.3 is 0 Å². The van der Waals surface area contributed by atoms with Gasteiger partial charge in [0.15, 0.2) is 10.9 Å². The molecular formula is C17H18N2O3S. The van der Waals surface area contributed by atoms with Gasteiger partial charge in [0.25, 0.3) is 0 Å². The Labute approximate surface area is 138 Å². The van der Waals surface area contributed by atoms with Crippen molar-refractivity contribution in [2.24, 2.45) is 0 Å². The number of carbonyl (C=O) groups is 2. The van der Waals surface area contributed by atoms with Crippen LogP contribution in [0.3, 0.4) is 0 Å². The Morgan fingerprint density at radius 1 is 1.39 bits per heavy atom. The Balaban J connectivity index is 1.70. The molecule has 6 heteroatoms. The van der Waals surface area contributed by atoms with Crippen LogP contribution in [0, 0.1) is 0 Å². The molecule has 1 aliphatic carbocycles. The summed E-state index contributed by atoms with van der Waals surface area (Å²) in [6.07, 6.45) is 2.51. The van der Waals surface area contributed by atoms with Crippen LogP contribution in [0.25, 0.3) is 0 Å². The zero-order chi connectivity index (χ0) is 16.4. The smallest absolute Gasteiger partial charge is 0.230 e. The molecule has 0 atom stereocenters. The number of anilines is 1. The maximum absolute atomic E-state index is 12.2. The fourth-order valence-electron chi connectivity index (χ4n) is 2.38. The van der Waals surface area contributed by atoms with E-state index in [-0.39, 0.29) is 18.1 Å². The van der Waals surface area contributed by atoms with Crippen LogP contribution < -0.4 is 10.1 Å². The molecule has 0 saturated heterocycles. The van der Waals surface area contributed by atoms with Crippen LogP contribution in [-0.4, -0.2) is 23.8 Å². The van der Waals surface area contributed by atoms with Crippen molar-refractivity contribution in [3.63, 3.8) is 0 Å². The van der Waals surface area contributed by atoms with E-state index in [9.17, 15) is 9.59 Å². The van der Waals surface area contributed by atoms with Crippen LogP contribution in [0.1, 0.15) is 47.3 Å². The number of ether oxygens (including phenoxy) is 1. The lowest BCUT2D eigenvalue weighted by Gasteiger charge is -2.09. The van der Waals surface area contributed by atoms with Gasteiger partial charge in [0.1, 0.15) is 5.75 Å². The minimum absolute atomic E-state index is 0.0386. The average molecular weight is 330 g/mol. The number of benzene rings is 1. The molecule has 1 heterocycles. The quantitative estimate of drug-likeness (QED) is 0.824. The number of Topliss-reactive ketones (excluding diaryl/α,β-unsaturated/α-hetero) is 1. The van der Waals surface area contributed by atoms with Crippen molar-refractivity contribution < 1.29 is 14.3 Å². The lowest BCUT2D eigenvalue weighted by Crippen LogP contribution is -2.15. The first-order valence-corrected chi connectivity index (χ1v) is 8.38. The molecule has 23 heavy (non-hydrogen) atoms. The summed E-state index contributed by atoms with van der Waals surface area (Å²) in [6, 6.07) is 5.12. The van der Waals surface area contributed by atoms with Crippen LogP contribution in [-0.2, 0) is 11.2 Å². The fourth-order valence-corrected chi connectivity index (χ4v) is 3.19. The van der Waals surface area contributed by atoms with Crippen molar-refractivity contribution in [2.45, 2.75) is 32.1 Å². The molecule has 0 aliphatic heterocycles. The molecular weight excluding hydrogens is 312 g/mol. The largest absolute Gasteiger partial charge is 0.496 e. The van der Waals surface area contributed by atoms with Crippen LogP contribution in [0.2, 0.25) is 0 Å². The molecule has 1 amide bonds. The Morgan fingerprint density at radius 3 is 2.83 bits per heavy atom. The zero-order valence-electron chi connectivity index (χ0n) is 13.1. The van der Waals surface area contributed by atoms with Crippen LogP contribution >= 0.6 is 11.3 Å². The maximum atomic E-state index is 12.2. The number of nitrogens with zero attached hydrogens (tertiary/aromatic N) is 1. The fraction of sp³-hybridized carbons (Fsp3) is 0.353. The first-order valence-electron chi connectivity index (χ1n) is 7.50. The number of ketones is 1. The third-order valence-electron chi connectivity index (χ3n) is 3.80. The van der Waals surface area contributed by atoms with E-state index in [1.165, 1.54) is 31.1 Å². The Morgan fingerprint density at radius 2 is 2.17 bits per heavy atom. The summed E-state index contributed by atoms with van der Waals surface area (Å²) in [7, 11) is 1.55. The van der Waals surface area contributed by atoms with Gasteiger partial charge in [-0.15, -0.1) is 11.3 Å². The molecule has 1 saturated carbocycles. The SMILES string of the molecule is COc1ccc(C(C)=O)cc1CC(=O)Nc1nc(C2CC2)cs1. The number of carbonyl (C=O) groups excluding carboxylic acids is 2. The summed E-state index contributed by atoms with van der Waals surface area (Å²) in [4.78, 5) is 28.2. The predicted octanol–water partition coefficient (Wildman–Crippen LogP) is 3.41. The van der Waals surface area contributed by atoms with Gasteiger partial charge in [0.2, 0.25) is 5.91 Å². The molecule has 0 bridgehead atoms. The van der Waals surface area contributed by atoms with Crippen molar-refractivity contribution in [3.8, 4) is 5.75 Å². The molecule has 1 aromatic carbocycles. The molecule has 3 rings (SSSR count). The predicted molar refractivity (Wildman–Crippen MR) is 89.4 cm³/mol. The number of methoxy groups -OCH3 is 1. The molecule has 1 aliphatic rings. The van der Waals surface area contributed by atoms with Gasteiger partial charge in [-0.3, -0.25) is 9.59 Å². The molecule has 0 unspecified atom stereocenters. The van der Waals surface area contributed by atoms with Gasteiger partial charge in [0, 0.05) is 22.4 Å². The summed E-state index contributed by atoms with van der Waals surface area (Å²) in [5.41, 5.74) is 2.33. The van der Waals surface area contributed by atoms with E-state index in [1.54, 1.807) is 25.3 Å². The van der Waals surface area contributed by atoms with Crippen LogP contribution in [0.5, 0.6) is 5.75 Å². The van der Waals surface area contributed by atoms with E-state index in [2.05, 4.69) is 10.3 Å². The number of hydrogen-bond donors (Lipinski definition) is 1. The van der Waals surface area contributed by atoms with Gasteiger partial charge in [-0.05, 0) is 38.0 Å². The molecule has 1 N–H and O–H groups in total. The minimum Gasteiger partial charge on any atom is -0.496 e. The highest BCUT2D eigenvalue weighted by Crippen LogP contribution is 2.40. The summed E-state index contributed by atoms with van der Waals surface area (Å²) in [5.74, 6) is 0.969. The number of thiazole rings is 1. The Bertz CT molecular complexity index is 750. The van der Waals surface area contributed by atoms with Gasteiger partial charge in [-0.25, -0.2) is 4.98 Å². The second kappa shape index (κ2) is 6.50. The van der Waals surface area contributed by atoms with Crippen LogP contribution in [0.4, 0.5) is 5.13 Å². The lowest BCUT2D eigenvalue weighted by molar-refractivity contribution is -0.115. The van der Waals surface area contributed by atoms with E-state index in [1.807, 2.05) is 5.38 Å². The molecule has 1 aromatic heterocycles. The van der Waals surface area contributed by atoms with E-state index in [4.69, 9.17) is 4.74 Å². The lowest BCUT2D eigenvalue weighted by atomic mass is 10.0. The highest BCUT2D eigenvalue weighted by molar-refractivity contribution is 7.13. The van der Waals surface area contributed by atoms with Gasteiger partial charge in [-0.2, -0.15) is 0 Å². The second-order valence-electron chi connectivity index (χ2n) is 5.66. The standard InChI is InChI=1S/C17H18N2O3S/c1-10(20)12-5-6-15(22-2)13(7-12)8-16(21)19-17-18-14(9-23-17)11-3-4-11/h5-7,9,11H,3-4,8H2,1-2H3,(H,18,19,21). The highest BCUT2D eigenvalue weighted by Gasteiger charge is 2.26. The molecule has 0 radical (unpaired) electrons. The van der Waals surface area contributed by atoms with E-state index in [0.29, 0.717) is 27.9 Å². The summed E-state index contributed by atoms with van der Waals surface area (Å²) in [5, 5.41) is 5.45. The van der Waals surface area contributed by atoms with Crippen molar-refractivity contribution in [1.29, 1.82) is 0 Å². The summed E-state index contributed by atoms with van der Waals surface area (Å²) in [6.45, 7) is 1.50. The van der Waals surface area contributed by atoms with Crippen LogP contribution in [0.15, 0.2) is 23.6 Å². The number of rotatable bonds is 6. The van der Waals surface area contributed by atoms with Crippen molar-refractivity contribution in [2.75, 3.05) is 12.4 Å². The average Bonchev–Trinajstić information content (AvgIpc) is 3.27. The maximum Gasteiger partial charge on any atom is 0.230 e. The monoisotopic (exact) mass is 330 g/mol. The minimum atomic E-state index is -0.166. The molecule has 0 spiro atoms. The van der Waals surface area contributed by atoms with Crippen molar-refractivity contribution in [3.05, 3.63) is 40.4 Å². The van der Waals surface area contributed by atoms with Crippen molar-refractivity contribution >= 4 is 28.2 Å². The summed E-state index contributed by atoms with van der Waals surface area (Å²) >= 11 is 1.45. The normalized spacial score (nSPS) is 13.7. The Hall–Kier alpha value is -2.21. The van der Waals surface area contributed by atoms with Gasteiger partial charge < -0.3 is 10.1 Å². The van der Waals surface area contributed by atoms with E-state index < -0.39 is 0 Å². The number of nitrogens with one attached hydrogen (secondary N) is 1.